The zero-order valence-corrected chi connectivity index (χ0v) is 18.2. The minimum Gasteiger partial charge on any atom is -0.438 e. The first-order valence-corrected chi connectivity index (χ1v) is 11.8. The molecule has 0 atom stereocenters. The monoisotopic (exact) mass is 458 g/mol. The van der Waals surface area contributed by atoms with Crippen molar-refractivity contribution in [3.8, 4) is 28.8 Å². The fraction of sp³-hybridized carbons (Fsp3) is 0.300. The van der Waals surface area contributed by atoms with Crippen LogP contribution in [0.2, 0.25) is 5.02 Å². The van der Waals surface area contributed by atoms with E-state index >= 15 is 0 Å². The van der Waals surface area contributed by atoms with Gasteiger partial charge in [-0.25, -0.2) is 23.4 Å². The maximum atomic E-state index is 11.7. The lowest BCUT2D eigenvalue weighted by Crippen LogP contribution is -2.10. The number of hydrogen-bond donors (Lipinski definition) is 2. The third kappa shape index (κ3) is 4.95. The highest BCUT2D eigenvalue weighted by Crippen LogP contribution is 2.45. The molecule has 9 nitrogen and oxygen atoms in total. The molecule has 1 aromatic carbocycles. The topological polar surface area (TPSA) is 134 Å². The summed E-state index contributed by atoms with van der Waals surface area (Å²) in [4.78, 5) is 13.3. The predicted octanol–water partition coefficient (Wildman–Crippen LogP) is 4.03. The van der Waals surface area contributed by atoms with E-state index in [2.05, 4.69) is 31.1 Å². The van der Waals surface area contributed by atoms with Crippen LogP contribution >= 0.6 is 11.6 Å². The number of nitriles is 1. The summed E-state index contributed by atoms with van der Waals surface area (Å²) in [5.74, 6) is 1.63. The molecule has 11 heteroatoms. The lowest BCUT2D eigenvalue weighted by atomic mass is 10.1. The van der Waals surface area contributed by atoms with E-state index in [1.165, 1.54) is 0 Å². The Morgan fingerprint density at radius 3 is 2.81 bits per heavy atom. The molecule has 2 N–H and O–H groups in total. The van der Waals surface area contributed by atoms with Crippen LogP contribution in [0.15, 0.2) is 34.9 Å². The van der Waals surface area contributed by atoms with E-state index in [9.17, 15) is 8.42 Å². The summed E-state index contributed by atoms with van der Waals surface area (Å²) in [6.07, 6.45) is 4.96. The van der Waals surface area contributed by atoms with E-state index in [0.29, 0.717) is 47.5 Å². The molecule has 1 fully saturated rings. The van der Waals surface area contributed by atoms with Crippen molar-refractivity contribution in [1.29, 1.82) is 5.26 Å². The summed E-state index contributed by atoms with van der Waals surface area (Å²) in [5.41, 5.74) is 1.76. The summed E-state index contributed by atoms with van der Waals surface area (Å²) >= 11 is 6.54. The number of aromatic nitrogens is 3. The van der Waals surface area contributed by atoms with Crippen LogP contribution in [0.4, 0.5) is 11.6 Å². The highest BCUT2D eigenvalue weighted by atomic mass is 35.5. The van der Waals surface area contributed by atoms with E-state index < -0.39 is 10.0 Å². The Balaban J connectivity index is 1.78. The van der Waals surface area contributed by atoms with E-state index in [4.69, 9.17) is 21.3 Å². The number of nitrogens with zero attached hydrogens (tertiary/aromatic N) is 4. The molecule has 1 aliphatic carbocycles. The van der Waals surface area contributed by atoms with Gasteiger partial charge in [0.2, 0.25) is 16.0 Å². The molecule has 0 aliphatic heterocycles. The van der Waals surface area contributed by atoms with Gasteiger partial charge in [-0.05, 0) is 25.0 Å². The number of oxazole rings is 1. The van der Waals surface area contributed by atoms with Crippen LogP contribution in [-0.2, 0) is 10.0 Å². The van der Waals surface area contributed by atoms with Crippen LogP contribution < -0.4 is 10.0 Å². The van der Waals surface area contributed by atoms with E-state index in [-0.39, 0.29) is 16.6 Å². The van der Waals surface area contributed by atoms with Gasteiger partial charge in [0.25, 0.3) is 0 Å². The number of nitrogens with one attached hydrogen (secondary N) is 2. The molecule has 0 radical (unpaired) electrons. The predicted molar refractivity (Wildman–Crippen MR) is 117 cm³/mol. The molecule has 2 aromatic heterocycles. The maximum Gasteiger partial charge on any atom is 0.229 e. The van der Waals surface area contributed by atoms with Gasteiger partial charge in [-0.15, -0.1) is 0 Å². The standard InChI is InChI=1S/C20H19ClN6O3S/c1-31(28,29)27-14-5-2-4-13(16(14)21)17-18(30-19(26-17)12-6-7-12)15-8-11-24-20(25-15)23-10-3-9-22/h2,4-5,8,11-12,27H,3,6-7,10H2,1H3,(H,23,24,25). The summed E-state index contributed by atoms with van der Waals surface area (Å²) in [5, 5.41) is 11.9. The van der Waals surface area contributed by atoms with Gasteiger partial charge >= 0.3 is 0 Å². The van der Waals surface area contributed by atoms with E-state index in [1.54, 1.807) is 30.5 Å². The number of benzene rings is 1. The molecule has 4 rings (SSSR count). The molecule has 160 valence electrons. The normalized spacial score (nSPS) is 13.6. The zero-order chi connectivity index (χ0) is 22.0. The van der Waals surface area contributed by atoms with Crippen molar-refractivity contribution < 1.29 is 12.8 Å². The van der Waals surface area contributed by atoms with Crippen molar-refractivity contribution in [3.63, 3.8) is 0 Å². The number of halogens is 1. The Morgan fingerprint density at radius 1 is 1.29 bits per heavy atom. The second-order valence-corrected chi connectivity index (χ2v) is 9.27. The second-order valence-electron chi connectivity index (χ2n) is 7.15. The van der Waals surface area contributed by atoms with Crippen molar-refractivity contribution in [3.05, 3.63) is 41.4 Å². The van der Waals surface area contributed by atoms with Crippen molar-refractivity contribution in [1.82, 2.24) is 15.0 Å². The fourth-order valence-electron chi connectivity index (χ4n) is 2.99. The van der Waals surface area contributed by atoms with Crippen LogP contribution in [0.1, 0.15) is 31.1 Å². The molecule has 0 bridgehead atoms. The summed E-state index contributed by atoms with van der Waals surface area (Å²) in [7, 11) is -3.51. The Hall–Kier alpha value is -3.16. The van der Waals surface area contributed by atoms with Crippen molar-refractivity contribution in [2.75, 3.05) is 22.8 Å². The summed E-state index contributed by atoms with van der Waals surface area (Å²) in [6.45, 7) is 0.418. The van der Waals surface area contributed by atoms with Crippen LogP contribution in [0.3, 0.4) is 0 Å². The lowest BCUT2D eigenvalue weighted by molar-refractivity contribution is 0.508. The van der Waals surface area contributed by atoms with Crippen molar-refractivity contribution in [2.45, 2.75) is 25.2 Å². The van der Waals surface area contributed by atoms with Gasteiger partial charge in [-0.2, -0.15) is 5.26 Å². The van der Waals surface area contributed by atoms with Gasteiger partial charge in [0, 0.05) is 24.2 Å². The Morgan fingerprint density at radius 2 is 2.10 bits per heavy atom. The SMILES string of the molecule is CS(=O)(=O)Nc1cccc(-c2nc(C3CC3)oc2-c2ccnc(NCCC#N)n2)c1Cl. The first kappa shape index (κ1) is 21.1. The van der Waals surface area contributed by atoms with Gasteiger partial charge in [0.05, 0.1) is 29.5 Å². The molecule has 0 spiro atoms. The van der Waals surface area contributed by atoms with Gasteiger partial charge in [0.15, 0.2) is 11.7 Å². The van der Waals surface area contributed by atoms with Crippen LogP contribution in [0.25, 0.3) is 22.7 Å². The number of sulfonamides is 1. The fourth-order valence-corrected chi connectivity index (χ4v) is 3.88. The highest BCUT2D eigenvalue weighted by molar-refractivity contribution is 7.92. The summed E-state index contributed by atoms with van der Waals surface area (Å²) < 4.78 is 31.9. The Kier molecular flexibility index (Phi) is 5.80. The molecule has 0 saturated heterocycles. The van der Waals surface area contributed by atoms with Crippen LogP contribution in [0.5, 0.6) is 0 Å². The van der Waals surface area contributed by atoms with E-state index in [0.717, 1.165) is 19.1 Å². The van der Waals surface area contributed by atoms with Crippen molar-refractivity contribution >= 4 is 33.3 Å². The third-order valence-electron chi connectivity index (χ3n) is 4.53. The third-order valence-corrected chi connectivity index (χ3v) is 5.53. The molecule has 0 amide bonds. The molecular weight excluding hydrogens is 440 g/mol. The minimum absolute atomic E-state index is 0.214. The largest absolute Gasteiger partial charge is 0.438 e. The molecule has 2 heterocycles. The Labute approximate surface area is 184 Å². The van der Waals surface area contributed by atoms with Gasteiger partial charge in [0.1, 0.15) is 11.4 Å². The lowest BCUT2D eigenvalue weighted by Gasteiger charge is -2.10. The molecule has 1 saturated carbocycles. The first-order valence-electron chi connectivity index (χ1n) is 9.57. The first-order chi connectivity index (χ1) is 14.9. The zero-order valence-electron chi connectivity index (χ0n) is 16.6. The average Bonchev–Trinajstić information content (AvgIpc) is 3.48. The number of anilines is 2. The van der Waals surface area contributed by atoms with E-state index in [1.807, 2.05) is 0 Å². The molecular formula is C20H19ClN6O3S. The summed E-state index contributed by atoms with van der Waals surface area (Å²) in [6, 6.07) is 8.78. The van der Waals surface area contributed by atoms with Gasteiger partial charge in [-0.1, -0.05) is 23.7 Å². The number of hydrogen-bond acceptors (Lipinski definition) is 8. The average molecular weight is 459 g/mol. The molecule has 31 heavy (non-hydrogen) atoms. The molecule has 3 aromatic rings. The smallest absolute Gasteiger partial charge is 0.229 e. The minimum atomic E-state index is -3.51. The molecule has 0 unspecified atom stereocenters. The van der Waals surface area contributed by atoms with Crippen LogP contribution in [-0.4, -0.2) is 36.2 Å². The van der Waals surface area contributed by atoms with Crippen LogP contribution in [0, 0.1) is 11.3 Å². The van der Waals surface area contributed by atoms with Crippen molar-refractivity contribution in [2.24, 2.45) is 0 Å². The molecule has 1 aliphatic rings. The van der Waals surface area contributed by atoms with Gasteiger partial charge < -0.3 is 9.73 Å². The number of rotatable bonds is 8. The quantitative estimate of drug-likeness (QED) is 0.483. The maximum absolute atomic E-state index is 11.7. The highest BCUT2D eigenvalue weighted by Gasteiger charge is 2.32. The second kappa shape index (κ2) is 8.53. The van der Waals surface area contributed by atoms with Gasteiger partial charge in [-0.3, -0.25) is 4.72 Å². The Bertz CT molecular complexity index is 1260.